The number of pyridine rings is 1. The van der Waals surface area contributed by atoms with Crippen molar-refractivity contribution in [2.24, 2.45) is 5.92 Å². The van der Waals surface area contributed by atoms with Gasteiger partial charge in [-0.05, 0) is 62.9 Å². The lowest BCUT2D eigenvalue weighted by molar-refractivity contribution is 0.0427. The van der Waals surface area contributed by atoms with Crippen LogP contribution in [0.4, 0.5) is 5.69 Å². The molecule has 194 valence electrons. The summed E-state index contributed by atoms with van der Waals surface area (Å²) in [7, 11) is 2.04. The Balaban J connectivity index is 1.66. The lowest BCUT2D eigenvalue weighted by atomic mass is 9.98. The van der Waals surface area contributed by atoms with Crippen LogP contribution in [0.25, 0.3) is 0 Å². The molecule has 2 aromatic carbocycles. The number of fused-ring (bicyclic) bond motifs is 1. The smallest absolute Gasteiger partial charge is 0.259 e. The summed E-state index contributed by atoms with van der Waals surface area (Å²) in [4.78, 5) is 35.0. The normalized spacial score (nSPS) is 17.7. The molecule has 1 aromatic heterocycles. The summed E-state index contributed by atoms with van der Waals surface area (Å²) in [6, 6.07) is 16.4. The summed E-state index contributed by atoms with van der Waals surface area (Å²) in [6.07, 6.45) is 2.97. The fourth-order valence-corrected chi connectivity index (χ4v) is 4.64. The van der Waals surface area contributed by atoms with Crippen molar-refractivity contribution in [2.45, 2.75) is 39.5 Å². The lowest BCUT2D eigenvalue weighted by Crippen LogP contribution is -2.48. The van der Waals surface area contributed by atoms with Crippen LogP contribution in [0.15, 0.2) is 67.0 Å². The van der Waals surface area contributed by atoms with Gasteiger partial charge in [0.25, 0.3) is 11.8 Å². The highest BCUT2D eigenvalue weighted by atomic mass is 35.5. The lowest BCUT2D eigenvalue weighted by Gasteiger charge is -2.38. The number of benzene rings is 2. The van der Waals surface area contributed by atoms with Gasteiger partial charge in [0.2, 0.25) is 0 Å². The zero-order valence-electron chi connectivity index (χ0n) is 21.6. The summed E-state index contributed by atoms with van der Waals surface area (Å²) < 4.78 is 6.58. The van der Waals surface area contributed by atoms with Crippen LogP contribution in [0.2, 0.25) is 5.02 Å². The molecule has 3 aromatic rings. The van der Waals surface area contributed by atoms with Gasteiger partial charge in [-0.25, -0.2) is 0 Å². The standard InChI is InChI=1S/C29H33ClN4O3/c1-19(2)34-16-20(3)26(18-33(4)17-21-8-10-22(30)11-9-21)37-27-24(6-5-7-25(27)29(34)36)28(35)32-23-12-14-31-15-13-23/h5-15,19-20,26H,16-18H2,1-4H3,(H,31,32,35)/t20-,26?/m0/s1. The molecule has 0 aliphatic carbocycles. The molecule has 8 heteroatoms. The Morgan fingerprint density at radius 2 is 1.86 bits per heavy atom. The third kappa shape index (κ3) is 6.48. The number of likely N-dealkylation sites (N-methyl/N-ethyl adjacent to an activating group) is 1. The highest BCUT2D eigenvalue weighted by molar-refractivity contribution is 6.30. The van der Waals surface area contributed by atoms with Gasteiger partial charge in [-0.15, -0.1) is 0 Å². The molecule has 1 aliphatic rings. The third-order valence-electron chi connectivity index (χ3n) is 6.56. The van der Waals surface area contributed by atoms with Gasteiger partial charge in [0, 0.05) is 54.7 Å². The summed E-state index contributed by atoms with van der Waals surface area (Å²) in [5.74, 6) is -0.124. The van der Waals surface area contributed by atoms with Crippen LogP contribution in [-0.2, 0) is 6.54 Å². The van der Waals surface area contributed by atoms with Gasteiger partial charge in [0.05, 0.1) is 11.1 Å². The van der Waals surface area contributed by atoms with Gasteiger partial charge in [-0.1, -0.05) is 36.7 Å². The van der Waals surface area contributed by atoms with Gasteiger partial charge in [0.1, 0.15) is 11.9 Å². The van der Waals surface area contributed by atoms with Crippen molar-refractivity contribution in [3.63, 3.8) is 0 Å². The van der Waals surface area contributed by atoms with E-state index in [-0.39, 0.29) is 29.9 Å². The summed E-state index contributed by atoms with van der Waals surface area (Å²) in [5, 5.41) is 3.60. The number of hydrogen-bond acceptors (Lipinski definition) is 5. The molecule has 4 rings (SSSR count). The number of hydrogen-bond donors (Lipinski definition) is 1. The summed E-state index contributed by atoms with van der Waals surface area (Å²) >= 11 is 6.05. The first-order valence-corrected chi connectivity index (χ1v) is 12.9. The predicted molar refractivity (Wildman–Crippen MR) is 146 cm³/mol. The molecule has 0 radical (unpaired) electrons. The molecule has 7 nitrogen and oxygen atoms in total. The van der Waals surface area contributed by atoms with Gasteiger partial charge >= 0.3 is 0 Å². The Hall–Kier alpha value is -3.42. The first-order valence-electron chi connectivity index (χ1n) is 12.5. The second-order valence-corrected chi connectivity index (χ2v) is 10.3. The Labute approximate surface area is 223 Å². The SMILES string of the molecule is CC(C)N1C[C@H](C)C(CN(C)Cc2ccc(Cl)cc2)Oc2c(C(=O)Nc3ccncc3)cccc2C1=O. The zero-order chi connectivity index (χ0) is 26.5. The van der Waals surface area contributed by atoms with Gasteiger partial charge < -0.3 is 15.0 Å². The number of ether oxygens (including phenoxy) is 1. The number of anilines is 1. The van der Waals surface area contributed by atoms with E-state index in [1.807, 2.05) is 50.1 Å². The maximum Gasteiger partial charge on any atom is 0.259 e. The molecular formula is C29H33ClN4O3. The topological polar surface area (TPSA) is 74.8 Å². The number of aromatic nitrogens is 1. The van der Waals surface area contributed by atoms with Crippen molar-refractivity contribution in [3.05, 3.63) is 88.7 Å². The number of rotatable bonds is 7. The van der Waals surface area contributed by atoms with E-state index in [1.165, 1.54) is 0 Å². The van der Waals surface area contributed by atoms with Crippen LogP contribution < -0.4 is 10.1 Å². The second-order valence-electron chi connectivity index (χ2n) is 9.88. The Morgan fingerprint density at radius 3 is 2.54 bits per heavy atom. The predicted octanol–water partition coefficient (Wildman–Crippen LogP) is 5.37. The Kier molecular flexibility index (Phi) is 8.46. The fraction of sp³-hybridized carbons (Fsp3) is 0.345. The van der Waals surface area contributed by atoms with Gasteiger partial charge in [0.15, 0.2) is 0 Å². The molecule has 1 N–H and O–H groups in total. The fourth-order valence-electron chi connectivity index (χ4n) is 4.51. The number of carbonyl (C=O) groups is 2. The van der Waals surface area contributed by atoms with Crippen LogP contribution in [0.3, 0.4) is 0 Å². The van der Waals surface area contributed by atoms with Crippen molar-refractivity contribution in [3.8, 4) is 5.75 Å². The van der Waals surface area contributed by atoms with Crippen LogP contribution in [0.1, 0.15) is 47.1 Å². The number of nitrogens with zero attached hydrogens (tertiary/aromatic N) is 3. The first kappa shape index (κ1) is 26.6. The van der Waals surface area contributed by atoms with E-state index in [4.69, 9.17) is 16.3 Å². The monoisotopic (exact) mass is 520 g/mol. The Morgan fingerprint density at radius 1 is 1.16 bits per heavy atom. The van der Waals surface area contributed by atoms with Crippen LogP contribution in [0.5, 0.6) is 5.75 Å². The van der Waals surface area contributed by atoms with Crippen molar-refractivity contribution in [1.29, 1.82) is 0 Å². The minimum absolute atomic E-state index is 0.00245. The van der Waals surface area contributed by atoms with Crippen molar-refractivity contribution < 1.29 is 14.3 Å². The number of para-hydroxylation sites is 1. The highest BCUT2D eigenvalue weighted by Crippen LogP contribution is 2.32. The molecule has 2 heterocycles. The summed E-state index contributed by atoms with van der Waals surface area (Å²) in [6.45, 7) is 8.00. The zero-order valence-corrected chi connectivity index (χ0v) is 22.4. The Bertz CT molecular complexity index is 1230. The van der Waals surface area contributed by atoms with Crippen LogP contribution in [0, 0.1) is 5.92 Å². The molecule has 0 saturated heterocycles. The maximum absolute atomic E-state index is 13.6. The van der Waals surface area contributed by atoms with Crippen LogP contribution in [-0.4, -0.2) is 58.9 Å². The number of amides is 2. The maximum atomic E-state index is 13.6. The summed E-state index contributed by atoms with van der Waals surface area (Å²) in [5.41, 5.74) is 2.48. The highest BCUT2D eigenvalue weighted by Gasteiger charge is 2.34. The van der Waals surface area contributed by atoms with Crippen molar-refractivity contribution in [2.75, 3.05) is 25.5 Å². The molecule has 1 unspecified atom stereocenters. The van der Waals surface area contributed by atoms with Gasteiger partial charge in [-0.2, -0.15) is 0 Å². The molecule has 0 fully saturated rings. The second kappa shape index (κ2) is 11.8. The van der Waals surface area contributed by atoms with E-state index in [9.17, 15) is 9.59 Å². The van der Waals surface area contributed by atoms with E-state index in [0.29, 0.717) is 47.2 Å². The van der Waals surface area contributed by atoms with Crippen molar-refractivity contribution >= 4 is 29.1 Å². The minimum Gasteiger partial charge on any atom is -0.487 e. The largest absolute Gasteiger partial charge is 0.487 e. The molecule has 0 saturated carbocycles. The van der Waals surface area contributed by atoms with Crippen molar-refractivity contribution in [1.82, 2.24) is 14.8 Å². The molecule has 2 atom stereocenters. The molecule has 37 heavy (non-hydrogen) atoms. The molecular weight excluding hydrogens is 488 g/mol. The average Bonchev–Trinajstić information content (AvgIpc) is 2.87. The third-order valence-corrected chi connectivity index (χ3v) is 6.81. The first-order chi connectivity index (χ1) is 17.7. The van der Waals surface area contributed by atoms with E-state index < -0.39 is 0 Å². The van der Waals surface area contributed by atoms with E-state index in [2.05, 4.69) is 22.1 Å². The minimum atomic E-state index is -0.339. The molecule has 0 spiro atoms. The van der Waals surface area contributed by atoms with E-state index in [0.717, 1.165) is 5.56 Å². The quantitative estimate of drug-likeness (QED) is 0.453. The van der Waals surface area contributed by atoms with Gasteiger partial charge in [-0.3, -0.25) is 19.5 Å². The average molecular weight is 521 g/mol. The molecule has 1 aliphatic heterocycles. The van der Waals surface area contributed by atoms with E-state index in [1.54, 1.807) is 42.7 Å². The van der Waals surface area contributed by atoms with E-state index >= 15 is 0 Å². The molecule has 2 amide bonds. The molecule has 0 bridgehead atoms. The number of halogens is 1. The number of carbonyl (C=O) groups excluding carboxylic acids is 2. The number of nitrogens with one attached hydrogen (secondary N) is 1. The van der Waals surface area contributed by atoms with Crippen LogP contribution >= 0.6 is 11.6 Å².